The number of isocyanates is 1. The van der Waals surface area contributed by atoms with Gasteiger partial charge < -0.3 is 0 Å². The highest BCUT2D eigenvalue weighted by Crippen LogP contribution is 2.20. The Hall–Kier alpha value is -1.14. The molecule has 2 nitrogen and oxygen atoms in total. The van der Waals surface area contributed by atoms with Gasteiger partial charge in [0.05, 0.1) is 6.04 Å². The van der Waals surface area contributed by atoms with E-state index in [0.717, 1.165) is 32.1 Å². The highest BCUT2D eigenvalue weighted by molar-refractivity contribution is 5.33. The van der Waals surface area contributed by atoms with E-state index in [1.165, 1.54) is 0 Å². The summed E-state index contributed by atoms with van der Waals surface area (Å²) in [6.45, 7) is 9.41. The summed E-state index contributed by atoms with van der Waals surface area (Å²) < 4.78 is 0. The van der Waals surface area contributed by atoms with Crippen molar-refractivity contribution in [2.75, 3.05) is 0 Å². The van der Waals surface area contributed by atoms with Gasteiger partial charge in [-0.05, 0) is 44.9 Å². The van der Waals surface area contributed by atoms with E-state index < -0.39 is 0 Å². The number of rotatable bonds is 9. The van der Waals surface area contributed by atoms with Gasteiger partial charge in [-0.2, -0.15) is 0 Å². The van der Waals surface area contributed by atoms with Gasteiger partial charge in [0.15, 0.2) is 0 Å². The maximum atomic E-state index is 10.1. The minimum absolute atomic E-state index is 0.0798. The van der Waals surface area contributed by atoms with Gasteiger partial charge in [0.1, 0.15) is 0 Å². The monoisotopic (exact) mass is 207 g/mol. The lowest BCUT2D eigenvalue weighted by Crippen LogP contribution is -2.08. The number of allylic oxidation sites excluding steroid dienone is 2. The average Bonchev–Trinajstić information content (AvgIpc) is 2.18. The molecule has 0 saturated heterocycles. The van der Waals surface area contributed by atoms with Gasteiger partial charge in [-0.3, -0.25) is 0 Å². The molecule has 0 saturated carbocycles. The fourth-order valence-electron chi connectivity index (χ4n) is 1.74. The van der Waals surface area contributed by atoms with Crippen molar-refractivity contribution >= 4 is 6.08 Å². The van der Waals surface area contributed by atoms with Gasteiger partial charge in [0, 0.05) is 0 Å². The summed E-state index contributed by atoms with van der Waals surface area (Å²) in [6, 6.07) is 0.0798. The summed E-state index contributed by atoms with van der Waals surface area (Å²) in [5, 5.41) is 0. The molecule has 0 amide bonds. The Kier molecular flexibility index (Phi) is 8.70. The van der Waals surface area contributed by atoms with E-state index in [4.69, 9.17) is 0 Å². The maximum Gasteiger partial charge on any atom is 0.235 e. The van der Waals surface area contributed by atoms with Crippen LogP contribution in [0.4, 0.5) is 0 Å². The van der Waals surface area contributed by atoms with Crippen molar-refractivity contribution in [3.8, 4) is 0 Å². The van der Waals surface area contributed by atoms with Crippen LogP contribution in [0.25, 0.3) is 0 Å². The van der Waals surface area contributed by atoms with E-state index >= 15 is 0 Å². The Morgan fingerprint density at radius 3 is 2.67 bits per heavy atom. The number of hydrogen-bond acceptors (Lipinski definition) is 2. The Labute approximate surface area is 92.8 Å². The third-order valence-electron chi connectivity index (χ3n) is 2.47. The maximum absolute atomic E-state index is 10.1. The Balaban J connectivity index is 3.95. The van der Waals surface area contributed by atoms with Gasteiger partial charge in [-0.15, -0.1) is 13.2 Å². The Morgan fingerprint density at radius 2 is 2.13 bits per heavy atom. The SMILES string of the molecule is C=CCCCC(CC=C)CC(C)N=C=O. The van der Waals surface area contributed by atoms with E-state index in [2.05, 4.69) is 18.2 Å². The van der Waals surface area contributed by atoms with Gasteiger partial charge in [0.2, 0.25) is 6.08 Å². The van der Waals surface area contributed by atoms with Crippen molar-refractivity contribution < 1.29 is 4.79 Å². The van der Waals surface area contributed by atoms with Crippen molar-refractivity contribution in [1.82, 2.24) is 0 Å². The second-order valence-corrected chi connectivity index (χ2v) is 3.92. The molecule has 0 heterocycles. The molecule has 0 aromatic carbocycles. The lowest BCUT2D eigenvalue weighted by atomic mass is 9.92. The molecule has 0 bridgehead atoms. The molecule has 0 rings (SSSR count). The van der Waals surface area contributed by atoms with Crippen molar-refractivity contribution in [1.29, 1.82) is 0 Å². The first-order valence-electron chi connectivity index (χ1n) is 5.53. The molecular weight excluding hydrogens is 186 g/mol. The zero-order chi connectivity index (χ0) is 11.5. The molecule has 2 heteroatoms. The van der Waals surface area contributed by atoms with Crippen LogP contribution in [0.3, 0.4) is 0 Å². The summed E-state index contributed by atoms with van der Waals surface area (Å²) in [5.74, 6) is 0.578. The highest BCUT2D eigenvalue weighted by atomic mass is 16.1. The van der Waals surface area contributed by atoms with Gasteiger partial charge in [0.25, 0.3) is 0 Å². The van der Waals surface area contributed by atoms with Crippen LogP contribution in [0.2, 0.25) is 0 Å². The molecule has 0 radical (unpaired) electrons. The molecule has 84 valence electrons. The van der Waals surface area contributed by atoms with Gasteiger partial charge >= 0.3 is 0 Å². The largest absolute Gasteiger partial charge is 0.235 e. The number of nitrogens with zero attached hydrogens (tertiary/aromatic N) is 1. The first-order chi connectivity index (χ1) is 7.24. The topological polar surface area (TPSA) is 29.4 Å². The fraction of sp³-hybridized carbons (Fsp3) is 0.615. The molecule has 0 fully saturated rings. The second kappa shape index (κ2) is 9.42. The molecule has 0 aromatic rings. The molecule has 0 spiro atoms. The molecule has 0 aliphatic carbocycles. The summed E-state index contributed by atoms with van der Waals surface area (Å²) in [4.78, 5) is 13.8. The minimum Gasteiger partial charge on any atom is -0.211 e. The minimum atomic E-state index is 0.0798. The zero-order valence-electron chi connectivity index (χ0n) is 9.61. The van der Waals surface area contributed by atoms with Crippen molar-refractivity contribution in [2.45, 2.75) is 45.1 Å². The lowest BCUT2D eigenvalue weighted by molar-refractivity contribution is 0.411. The van der Waals surface area contributed by atoms with Crippen LogP contribution < -0.4 is 0 Å². The van der Waals surface area contributed by atoms with Crippen molar-refractivity contribution in [3.05, 3.63) is 25.3 Å². The third kappa shape index (κ3) is 7.90. The lowest BCUT2D eigenvalue weighted by Gasteiger charge is -2.16. The summed E-state index contributed by atoms with van der Waals surface area (Å²) in [7, 11) is 0. The molecule has 0 aromatic heterocycles. The van der Waals surface area contributed by atoms with E-state index in [1.54, 1.807) is 6.08 Å². The van der Waals surface area contributed by atoms with Crippen LogP contribution in [0, 0.1) is 5.92 Å². The van der Waals surface area contributed by atoms with Crippen LogP contribution in [0.15, 0.2) is 30.3 Å². The summed E-state index contributed by atoms with van der Waals surface area (Å²) in [5.41, 5.74) is 0. The standard InChI is InChI=1S/C13H21NO/c1-4-6-7-9-13(8-5-2)10-12(3)14-11-15/h4-5,12-13H,1-2,6-10H2,3H3. The van der Waals surface area contributed by atoms with Crippen molar-refractivity contribution in [3.63, 3.8) is 0 Å². The normalized spacial score (nSPS) is 13.7. The number of unbranched alkanes of at least 4 members (excludes halogenated alkanes) is 1. The first-order valence-corrected chi connectivity index (χ1v) is 5.53. The number of hydrogen-bond donors (Lipinski definition) is 0. The molecule has 0 aliphatic heterocycles. The molecule has 0 aliphatic rings. The zero-order valence-corrected chi connectivity index (χ0v) is 9.61. The van der Waals surface area contributed by atoms with E-state index in [9.17, 15) is 4.79 Å². The van der Waals surface area contributed by atoms with E-state index in [-0.39, 0.29) is 6.04 Å². The van der Waals surface area contributed by atoms with Crippen LogP contribution in [0.5, 0.6) is 0 Å². The predicted octanol–water partition coefficient (Wildman–Crippen LogP) is 3.65. The molecule has 15 heavy (non-hydrogen) atoms. The average molecular weight is 207 g/mol. The van der Waals surface area contributed by atoms with Crippen LogP contribution >= 0.6 is 0 Å². The Morgan fingerprint density at radius 1 is 1.40 bits per heavy atom. The van der Waals surface area contributed by atoms with Gasteiger partial charge in [-0.1, -0.05) is 12.2 Å². The first kappa shape index (κ1) is 13.9. The van der Waals surface area contributed by atoms with Gasteiger partial charge in [-0.25, -0.2) is 9.79 Å². The van der Waals surface area contributed by atoms with Crippen LogP contribution in [-0.4, -0.2) is 12.1 Å². The molecular formula is C13H21NO. The summed E-state index contributed by atoms with van der Waals surface area (Å²) in [6.07, 6.45) is 10.8. The highest BCUT2D eigenvalue weighted by Gasteiger charge is 2.10. The number of aliphatic imine (C=N–C) groups is 1. The number of carbonyl (C=O) groups excluding carboxylic acids is 1. The van der Waals surface area contributed by atoms with Crippen LogP contribution in [0.1, 0.15) is 39.0 Å². The van der Waals surface area contributed by atoms with Crippen molar-refractivity contribution in [2.24, 2.45) is 10.9 Å². The Bertz CT molecular complexity index is 229. The van der Waals surface area contributed by atoms with E-state index in [1.807, 2.05) is 19.1 Å². The predicted molar refractivity (Wildman–Crippen MR) is 64.6 cm³/mol. The smallest absolute Gasteiger partial charge is 0.211 e. The quantitative estimate of drug-likeness (QED) is 0.245. The molecule has 0 N–H and O–H groups in total. The second-order valence-electron chi connectivity index (χ2n) is 3.92. The third-order valence-corrected chi connectivity index (χ3v) is 2.47. The fourth-order valence-corrected chi connectivity index (χ4v) is 1.74. The summed E-state index contributed by atoms with van der Waals surface area (Å²) >= 11 is 0. The van der Waals surface area contributed by atoms with E-state index in [0.29, 0.717) is 5.92 Å². The van der Waals surface area contributed by atoms with Crippen LogP contribution in [-0.2, 0) is 4.79 Å². The molecule has 2 unspecified atom stereocenters. The molecule has 2 atom stereocenters.